The number of ether oxygens (including phenoxy) is 1. The fraction of sp³-hybridized carbons (Fsp3) is 0.909. The summed E-state index contributed by atoms with van der Waals surface area (Å²) in [6.45, 7) is 2.40. The van der Waals surface area contributed by atoms with Gasteiger partial charge in [0.1, 0.15) is 0 Å². The number of hydrogen-bond donors (Lipinski definition) is 0. The van der Waals surface area contributed by atoms with E-state index >= 15 is 0 Å². The van der Waals surface area contributed by atoms with Gasteiger partial charge in [-0.1, -0.05) is 6.42 Å². The van der Waals surface area contributed by atoms with Gasteiger partial charge in [-0.3, -0.25) is 4.79 Å². The molecule has 0 aromatic rings. The van der Waals surface area contributed by atoms with Crippen LogP contribution in [0.1, 0.15) is 39.0 Å². The average molecular weight is 182 g/mol. The Labute approximate surface area is 79.7 Å². The van der Waals surface area contributed by atoms with E-state index in [9.17, 15) is 4.79 Å². The molecule has 0 heterocycles. The van der Waals surface area contributed by atoms with Crippen molar-refractivity contribution < 1.29 is 9.53 Å². The molecule has 2 fully saturated rings. The topological polar surface area (TPSA) is 26.3 Å². The SMILES string of the molecule is CCOC(=O)CC1C[C@@H]2CC[C@H]1C2. The summed E-state index contributed by atoms with van der Waals surface area (Å²) in [5.41, 5.74) is 0. The Kier molecular flexibility index (Phi) is 2.56. The van der Waals surface area contributed by atoms with Crippen molar-refractivity contribution in [3.05, 3.63) is 0 Å². The van der Waals surface area contributed by atoms with Crippen molar-refractivity contribution in [1.29, 1.82) is 0 Å². The predicted octanol–water partition coefficient (Wildman–Crippen LogP) is 2.38. The zero-order chi connectivity index (χ0) is 9.26. The van der Waals surface area contributed by atoms with Crippen molar-refractivity contribution in [2.75, 3.05) is 6.61 Å². The number of fused-ring (bicyclic) bond motifs is 2. The number of carbonyl (C=O) groups excluding carboxylic acids is 1. The van der Waals surface area contributed by atoms with Crippen LogP contribution in [0.2, 0.25) is 0 Å². The van der Waals surface area contributed by atoms with Gasteiger partial charge in [-0.15, -0.1) is 0 Å². The highest BCUT2D eigenvalue weighted by Crippen LogP contribution is 2.49. The molecule has 0 aromatic heterocycles. The van der Waals surface area contributed by atoms with Gasteiger partial charge < -0.3 is 4.74 Å². The maximum Gasteiger partial charge on any atom is 0.306 e. The van der Waals surface area contributed by atoms with E-state index in [0.717, 1.165) is 11.8 Å². The van der Waals surface area contributed by atoms with Crippen LogP contribution in [0.15, 0.2) is 0 Å². The van der Waals surface area contributed by atoms with Crippen LogP contribution in [0.3, 0.4) is 0 Å². The molecule has 2 heteroatoms. The minimum atomic E-state index is 0.0139. The zero-order valence-corrected chi connectivity index (χ0v) is 8.29. The van der Waals surface area contributed by atoms with Crippen LogP contribution >= 0.6 is 0 Å². The van der Waals surface area contributed by atoms with Crippen LogP contribution in [0.25, 0.3) is 0 Å². The van der Waals surface area contributed by atoms with E-state index in [1.165, 1.54) is 25.7 Å². The molecule has 0 N–H and O–H groups in total. The highest BCUT2D eigenvalue weighted by molar-refractivity contribution is 5.69. The van der Waals surface area contributed by atoms with Crippen molar-refractivity contribution in [2.24, 2.45) is 17.8 Å². The molecule has 2 rings (SSSR count). The molecule has 2 bridgehead atoms. The second kappa shape index (κ2) is 3.69. The Morgan fingerprint density at radius 1 is 1.38 bits per heavy atom. The van der Waals surface area contributed by atoms with Gasteiger partial charge in [0.2, 0.25) is 0 Å². The maximum absolute atomic E-state index is 11.3. The molecular weight excluding hydrogens is 164 g/mol. The monoisotopic (exact) mass is 182 g/mol. The Morgan fingerprint density at radius 2 is 2.23 bits per heavy atom. The van der Waals surface area contributed by atoms with Crippen LogP contribution in [0.4, 0.5) is 0 Å². The number of esters is 1. The van der Waals surface area contributed by atoms with Gasteiger partial charge >= 0.3 is 5.97 Å². The molecular formula is C11H18O2. The number of carbonyl (C=O) groups is 1. The molecule has 0 aliphatic heterocycles. The molecule has 74 valence electrons. The van der Waals surface area contributed by atoms with Gasteiger partial charge in [0.05, 0.1) is 6.61 Å². The first kappa shape index (κ1) is 9.04. The van der Waals surface area contributed by atoms with Gasteiger partial charge in [-0.05, 0) is 43.9 Å². The average Bonchev–Trinajstić information content (AvgIpc) is 2.65. The van der Waals surface area contributed by atoms with E-state index in [1.54, 1.807) is 0 Å². The van der Waals surface area contributed by atoms with Crippen molar-refractivity contribution in [2.45, 2.75) is 39.0 Å². The summed E-state index contributed by atoms with van der Waals surface area (Å²) in [5.74, 6) is 2.44. The minimum absolute atomic E-state index is 0.0139. The third kappa shape index (κ3) is 1.87. The van der Waals surface area contributed by atoms with Crippen molar-refractivity contribution in [3.63, 3.8) is 0 Å². The summed E-state index contributed by atoms with van der Waals surface area (Å²) in [7, 11) is 0. The van der Waals surface area contributed by atoms with E-state index in [2.05, 4.69) is 0 Å². The highest BCUT2D eigenvalue weighted by atomic mass is 16.5. The summed E-state index contributed by atoms with van der Waals surface area (Å²) in [6, 6.07) is 0. The molecule has 1 unspecified atom stereocenters. The van der Waals surface area contributed by atoms with E-state index in [4.69, 9.17) is 4.74 Å². The first-order valence-corrected chi connectivity index (χ1v) is 5.45. The standard InChI is InChI=1S/C11H18O2/c1-2-13-11(12)7-10-6-8-3-4-9(10)5-8/h8-10H,2-7H2,1H3/t8-,9+,10?/m1/s1. The first-order chi connectivity index (χ1) is 6.29. The normalized spacial score (nSPS) is 36.5. The smallest absolute Gasteiger partial charge is 0.306 e. The molecule has 0 spiro atoms. The first-order valence-electron chi connectivity index (χ1n) is 5.45. The van der Waals surface area contributed by atoms with E-state index < -0.39 is 0 Å². The van der Waals surface area contributed by atoms with Crippen LogP contribution in [0, 0.1) is 17.8 Å². The van der Waals surface area contributed by atoms with Crippen LogP contribution in [0.5, 0.6) is 0 Å². The Balaban J connectivity index is 1.79. The summed E-state index contributed by atoms with van der Waals surface area (Å²) in [4.78, 5) is 11.3. The Hall–Kier alpha value is -0.530. The fourth-order valence-electron chi connectivity index (χ4n) is 3.06. The van der Waals surface area contributed by atoms with Gasteiger partial charge in [-0.2, -0.15) is 0 Å². The molecule has 0 aromatic carbocycles. The van der Waals surface area contributed by atoms with E-state index in [-0.39, 0.29) is 5.97 Å². The molecule has 2 saturated carbocycles. The lowest BCUT2D eigenvalue weighted by Crippen LogP contribution is -2.16. The van der Waals surface area contributed by atoms with Crippen LogP contribution < -0.4 is 0 Å². The lowest BCUT2D eigenvalue weighted by Gasteiger charge is -2.20. The summed E-state index contributed by atoms with van der Waals surface area (Å²) < 4.78 is 4.97. The third-order valence-corrected chi connectivity index (χ3v) is 3.62. The van der Waals surface area contributed by atoms with Gasteiger partial charge in [0.15, 0.2) is 0 Å². The highest BCUT2D eigenvalue weighted by Gasteiger charge is 2.40. The molecule has 2 aliphatic rings. The molecule has 0 saturated heterocycles. The predicted molar refractivity (Wildman–Crippen MR) is 50.2 cm³/mol. The molecule has 13 heavy (non-hydrogen) atoms. The maximum atomic E-state index is 11.3. The van der Waals surface area contributed by atoms with Gasteiger partial charge in [-0.25, -0.2) is 0 Å². The molecule has 2 nitrogen and oxygen atoms in total. The summed E-state index contributed by atoms with van der Waals surface area (Å²) in [5, 5.41) is 0. The summed E-state index contributed by atoms with van der Waals surface area (Å²) in [6.07, 6.45) is 6.10. The quantitative estimate of drug-likeness (QED) is 0.626. The van der Waals surface area contributed by atoms with Crippen molar-refractivity contribution in [3.8, 4) is 0 Å². The number of rotatable bonds is 3. The van der Waals surface area contributed by atoms with Crippen LogP contribution in [-0.4, -0.2) is 12.6 Å². The zero-order valence-electron chi connectivity index (χ0n) is 8.29. The molecule has 2 aliphatic carbocycles. The van der Waals surface area contributed by atoms with E-state index in [0.29, 0.717) is 18.9 Å². The van der Waals surface area contributed by atoms with Crippen molar-refractivity contribution >= 4 is 5.97 Å². The van der Waals surface area contributed by atoms with Crippen molar-refractivity contribution in [1.82, 2.24) is 0 Å². The largest absolute Gasteiger partial charge is 0.466 e. The lowest BCUT2D eigenvalue weighted by atomic mass is 9.86. The molecule has 3 atom stereocenters. The molecule has 0 radical (unpaired) electrons. The Morgan fingerprint density at radius 3 is 2.77 bits per heavy atom. The van der Waals surface area contributed by atoms with Crippen LogP contribution in [-0.2, 0) is 9.53 Å². The number of hydrogen-bond acceptors (Lipinski definition) is 2. The Bertz CT molecular complexity index is 200. The molecule has 0 amide bonds. The minimum Gasteiger partial charge on any atom is -0.466 e. The third-order valence-electron chi connectivity index (χ3n) is 3.62. The fourth-order valence-corrected chi connectivity index (χ4v) is 3.06. The van der Waals surface area contributed by atoms with Gasteiger partial charge in [0, 0.05) is 6.42 Å². The van der Waals surface area contributed by atoms with E-state index in [1.807, 2.05) is 6.92 Å². The lowest BCUT2D eigenvalue weighted by molar-refractivity contribution is -0.144. The second-order valence-corrected chi connectivity index (χ2v) is 4.44. The summed E-state index contributed by atoms with van der Waals surface area (Å²) >= 11 is 0. The second-order valence-electron chi connectivity index (χ2n) is 4.44. The van der Waals surface area contributed by atoms with Gasteiger partial charge in [0.25, 0.3) is 0 Å².